The molecule has 0 saturated carbocycles. The van der Waals surface area contributed by atoms with Crippen molar-refractivity contribution in [3.05, 3.63) is 28.8 Å². The Morgan fingerprint density at radius 2 is 2.10 bits per heavy atom. The van der Waals surface area contributed by atoms with E-state index in [0.29, 0.717) is 16.6 Å². The van der Waals surface area contributed by atoms with Crippen molar-refractivity contribution in [2.24, 2.45) is 0 Å². The molecule has 0 aromatic heterocycles. The average Bonchev–Trinajstić information content (AvgIpc) is 2.31. The van der Waals surface area contributed by atoms with Crippen LogP contribution in [0.3, 0.4) is 0 Å². The van der Waals surface area contributed by atoms with Gasteiger partial charge in [0.2, 0.25) is 10.0 Å². The molecule has 0 aliphatic carbocycles. The van der Waals surface area contributed by atoms with E-state index in [1.54, 1.807) is 19.1 Å². The molecular formula is C13H20Cl2N2O2S. The molecule has 1 aliphatic rings. The van der Waals surface area contributed by atoms with Gasteiger partial charge in [0, 0.05) is 17.1 Å². The first-order valence-corrected chi connectivity index (χ1v) is 8.26. The number of nitrogens with one attached hydrogen (secondary N) is 2. The molecule has 114 valence electrons. The van der Waals surface area contributed by atoms with Crippen LogP contribution in [0, 0.1) is 6.92 Å². The summed E-state index contributed by atoms with van der Waals surface area (Å²) in [6, 6.07) is 5.25. The highest BCUT2D eigenvalue weighted by Crippen LogP contribution is 2.21. The molecule has 2 unspecified atom stereocenters. The molecule has 2 rings (SSSR count). The van der Waals surface area contributed by atoms with E-state index in [-0.39, 0.29) is 23.3 Å². The van der Waals surface area contributed by atoms with Crippen molar-refractivity contribution in [2.45, 2.75) is 43.7 Å². The van der Waals surface area contributed by atoms with Crippen molar-refractivity contribution in [3.63, 3.8) is 0 Å². The fraction of sp³-hybridized carbons (Fsp3) is 0.538. The van der Waals surface area contributed by atoms with Gasteiger partial charge in [0.1, 0.15) is 0 Å². The molecule has 0 radical (unpaired) electrons. The molecule has 1 heterocycles. The number of benzene rings is 1. The Labute approximate surface area is 131 Å². The van der Waals surface area contributed by atoms with Crippen LogP contribution in [-0.4, -0.2) is 27.0 Å². The Hall–Kier alpha value is -0.330. The van der Waals surface area contributed by atoms with Gasteiger partial charge in [-0.25, -0.2) is 13.1 Å². The summed E-state index contributed by atoms with van der Waals surface area (Å²) < 4.78 is 27.6. The van der Waals surface area contributed by atoms with Gasteiger partial charge in [0.15, 0.2) is 0 Å². The van der Waals surface area contributed by atoms with Crippen LogP contribution in [0.1, 0.15) is 25.3 Å². The van der Waals surface area contributed by atoms with Gasteiger partial charge in [-0.05, 0) is 50.9 Å². The molecule has 7 heteroatoms. The van der Waals surface area contributed by atoms with E-state index in [4.69, 9.17) is 11.6 Å². The molecule has 1 saturated heterocycles. The summed E-state index contributed by atoms with van der Waals surface area (Å²) in [6.07, 6.45) is 1.61. The predicted octanol–water partition coefficient (Wildman–Crippen LogP) is 2.49. The van der Waals surface area contributed by atoms with Gasteiger partial charge in [-0.2, -0.15) is 0 Å². The van der Waals surface area contributed by atoms with E-state index in [0.717, 1.165) is 19.4 Å². The summed E-state index contributed by atoms with van der Waals surface area (Å²) in [6.45, 7) is 4.67. The molecule has 1 aliphatic heterocycles. The van der Waals surface area contributed by atoms with Crippen molar-refractivity contribution < 1.29 is 8.42 Å². The van der Waals surface area contributed by atoms with E-state index in [9.17, 15) is 8.42 Å². The Balaban J connectivity index is 0.00000200. The second kappa shape index (κ2) is 7.09. The van der Waals surface area contributed by atoms with Crippen LogP contribution < -0.4 is 10.0 Å². The van der Waals surface area contributed by atoms with E-state index >= 15 is 0 Å². The van der Waals surface area contributed by atoms with E-state index in [1.807, 2.05) is 0 Å². The zero-order valence-electron chi connectivity index (χ0n) is 11.5. The highest BCUT2D eigenvalue weighted by molar-refractivity contribution is 7.89. The third-order valence-corrected chi connectivity index (χ3v) is 5.28. The van der Waals surface area contributed by atoms with Crippen LogP contribution in [-0.2, 0) is 10.0 Å². The van der Waals surface area contributed by atoms with Crippen LogP contribution in [0.5, 0.6) is 0 Å². The maximum absolute atomic E-state index is 12.4. The third-order valence-electron chi connectivity index (χ3n) is 3.39. The molecule has 2 atom stereocenters. The molecule has 0 spiro atoms. The predicted molar refractivity (Wildman–Crippen MR) is 84.2 cm³/mol. The van der Waals surface area contributed by atoms with Crippen LogP contribution in [0.25, 0.3) is 0 Å². The maximum atomic E-state index is 12.4. The molecule has 1 aromatic carbocycles. The van der Waals surface area contributed by atoms with Gasteiger partial charge < -0.3 is 5.32 Å². The minimum absolute atomic E-state index is 0. The lowest BCUT2D eigenvalue weighted by Crippen LogP contribution is -2.46. The fourth-order valence-electron chi connectivity index (χ4n) is 2.39. The smallest absolute Gasteiger partial charge is 0.241 e. The lowest BCUT2D eigenvalue weighted by molar-refractivity contribution is 0.361. The lowest BCUT2D eigenvalue weighted by Gasteiger charge is -2.28. The highest BCUT2D eigenvalue weighted by Gasteiger charge is 2.25. The molecule has 2 N–H and O–H groups in total. The van der Waals surface area contributed by atoms with Gasteiger partial charge in [0.25, 0.3) is 0 Å². The Bertz CT molecular complexity index is 563. The topological polar surface area (TPSA) is 58.2 Å². The van der Waals surface area contributed by atoms with Gasteiger partial charge in [-0.15, -0.1) is 12.4 Å². The second-order valence-electron chi connectivity index (χ2n) is 5.11. The summed E-state index contributed by atoms with van der Waals surface area (Å²) in [5.41, 5.74) is 0.707. The van der Waals surface area contributed by atoms with Gasteiger partial charge in [-0.1, -0.05) is 17.7 Å². The van der Waals surface area contributed by atoms with Crippen molar-refractivity contribution in [2.75, 3.05) is 6.54 Å². The first-order chi connectivity index (χ1) is 8.88. The number of piperidine rings is 1. The molecule has 0 amide bonds. The van der Waals surface area contributed by atoms with Crippen LogP contribution in [0.4, 0.5) is 0 Å². The van der Waals surface area contributed by atoms with Crippen LogP contribution in [0.15, 0.2) is 23.1 Å². The molecule has 0 bridgehead atoms. The van der Waals surface area contributed by atoms with E-state index in [2.05, 4.69) is 17.0 Å². The largest absolute Gasteiger partial charge is 0.314 e. The number of hydrogen-bond donors (Lipinski definition) is 2. The minimum atomic E-state index is -3.50. The number of halogens is 2. The van der Waals surface area contributed by atoms with Gasteiger partial charge >= 0.3 is 0 Å². The lowest BCUT2D eigenvalue weighted by atomic mass is 10.0. The van der Waals surface area contributed by atoms with Gasteiger partial charge in [0.05, 0.1) is 4.90 Å². The van der Waals surface area contributed by atoms with Crippen molar-refractivity contribution in [1.82, 2.24) is 10.0 Å². The summed E-state index contributed by atoms with van der Waals surface area (Å²) in [7, 11) is -3.50. The zero-order chi connectivity index (χ0) is 14.0. The standard InChI is InChI=1S/C13H19ClN2O2S.ClH/c1-9-3-4-11(14)8-13(9)19(17,18)16-12-5-6-15-10(2)7-12;/h3-4,8,10,12,15-16H,5-7H2,1-2H3;1H. The number of hydrogen-bond acceptors (Lipinski definition) is 3. The summed E-state index contributed by atoms with van der Waals surface area (Å²) in [5, 5.41) is 3.74. The Kier molecular flexibility index (Phi) is 6.28. The summed E-state index contributed by atoms with van der Waals surface area (Å²) >= 11 is 5.89. The van der Waals surface area contributed by atoms with Crippen molar-refractivity contribution >= 4 is 34.0 Å². The highest BCUT2D eigenvalue weighted by atomic mass is 35.5. The van der Waals surface area contributed by atoms with Crippen LogP contribution >= 0.6 is 24.0 Å². The fourth-order valence-corrected chi connectivity index (χ4v) is 4.18. The third kappa shape index (κ3) is 4.33. The maximum Gasteiger partial charge on any atom is 0.241 e. The summed E-state index contributed by atoms with van der Waals surface area (Å²) in [5.74, 6) is 0. The number of sulfonamides is 1. The van der Waals surface area contributed by atoms with Crippen molar-refractivity contribution in [3.8, 4) is 0 Å². The Morgan fingerprint density at radius 1 is 1.40 bits per heavy atom. The molecule has 20 heavy (non-hydrogen) atoms. The average molecular weight is 339 g/mol. The second-order valence-corrected chi connectivity index (χ2v) is 7.23. The van der Waals surface area contributed by atoms with Gasteiger partial charge in [-0.3, -0.25) is 0 Å². The SMILES string of the molecule is Cc1ccc(Cl)cc1S(=O)(=O)NC1CCNC(C)C1.Cl. The number of aryl methyl sites for hydroxylation is 1. The first-order valence-electron chi connectivity index (χ1n) is 6.40. The minimum Gasteiger partial charge on any atom is -0.314 e. The number of rotatable bonds is 3. The first kappa shape index (κ1) is 17.7. The Morgan fingerprint density at radius 3 is 2.75 bits per heavy atom. The normalized spacial score (nSPS) is 23.1. The molecule has 1 fully saturated rings. The van der Waals surface area contributed by atoms with E-state index in [1.165, 1.54) is 6.07 Å². The zero-order valence-corrected chi connectivity index (χ0v) is 13.9. The summed E-state index contributed by atoms with van der Waals surface area (Å²) in [4.78, 5) is 0.270. The monoisotopic (exact) mass is 338 g/mol. The van der Waals surface area contributed by atoms with Crippen LogP contribution in [0.2, 0.25) is 5.02 Å². The van der Waals surface area contributed by atoms with Crippen molar-refractivity contribution in [1.29, 1.82) is 0 Å². The quantitative estimate of drug-likeness (QED) is 0.890. The molecular weight excluding hydrogens is 319 g/mol. The molecule has 4 nitrogen and oxygen atoms in total. The molecule has 1 aromatic rings. The van der Waals surface area contributed by atoms with E-state index < -0.39 is 10.0 Å².